The summed E-state index contributed by atoms with van der Waals surface area (Å²) in [7, 11) is 1.55. The van der Waals surface area contributed by atoms with Crippen molar-refractivity contribution in [3.8, 4) is 5.75 Å². The molecule has 3 atom stereocenters. The van der Waals surface area contributed by atoms with E-state index in [0.29, 0.717) is 11.3 Å². The molecule has 0 aromatic heterocycles. The number of nitro benzene ring substituents is 1. The zero-order valence-electron chi connectivity index (χ0n) is 18.4. The number of hydrogen-bond acceptors (Lipinski definition) is 8. The number of amides is 1. The normalized spacial score (nSPS) is 18.2. The fraction of sp³-hybridized carbons (Fsp3) is 0.348. The summed E-state index contributed by atoms with van der Waals surface area (Å²) in [4.78, 5) is 48.7. The third kappa shape index (κ3) is 5.46. The van der Waals surface area contributed by atoms with Crippen LogP contribution in [0.5, 0.6) is 5.75 Å². The van der Waals surface area contributed by atoms with Gasteiger partial charge < -0.3 is 19.1 Å². The maximum Gasteiger partial charge on any atom is 0.310 e. The fourth-order valence-electron chi connectivity index (χ4n) is 3.56. The van der Waals surface area contributed by atoms with Crippen LogP contribution in [-0.4, -0.2) is 41.0 Å². The van der Waals surface area contributed by atoms with E-state index in [9.17, 15) is 24.5 Å². The number of ether oxygens (including phenoxy) is 3. The molecular formula is C23H24N2O8. The lowest BCUT2D eigenvalue weighted by molar-refractivity contribution is -0.384. The van der Waals surface area contributed by atoms with E-state index in [4.69, 9.17) is 14.2 Å². The molecular weight excluding hydrogens is 432 g/mol. The maximum absolute atomic E-state index is 12.8. The zero-order valence-corrected chi connectivity index (χ0v) is 18.4. The third-order valence-electron chi connectivity index (χ3n) is 5.42. The molecule has 10 nitrogen and oxygen atoms in total. The van der Waals surface area contributed by atoms with Crippen LogP contribution < -0.4 is 4.74 Å². The molecule has 1 saturated heterocycles. The van der Waals surface area contributed by atoms with Gasteiger partial charge in [-0.2, -0.15) is 0 Å². The third-order valence-corrected chi connectivity index (χ3v) is 5.42. The largest absolute Gasteiger partial charge is 0.497 e. The van der Waals surface area contributed by atoms with Gasteiger partial charge in [-0.25, -0.2) is 0 Å². The second-order valence-electron chi connectivity index (χ2n) is 7.66. The van der Waals surface area contributed by atoms with Crippen molar-refractivity contribution in [1.82, 2.24) is 4.90 Å². The summed E-state index contributed by atoms with van der Waals surface area (Å²) in [5.41, 5.74) is 1.31. The molecule has 0 aliphatic carbocycles. The minimum absolute atomic E-state index is 0.0697. The summed E-state index contributed by atoms with van der Waals surface area (Å²) in [6.45, 7) is 2.89. The molecule has 0 unspecified atom stereocenters. The van der Waals surface area contributed by atoms with Crippen LogP contribution in [0.15, 0.2) is 48.5 Å². The second-order valence-corrected chi connectivity index (χ2v) is 7.66. The number of esters is 2. The number of carbonyl (C=O) groups is 3. The number of methoxy groups -OCH3 is 1. The van der Waals surface area contributed by atoms with Crippen LogP contribution in [0.25, 0.3) is 0 Å². The Bertz CT molecular complexity index is 1040. The first kappa shape index (κ1) is 23.7. The van der Waals surface area contributed by atoms with E-state index in [0.717, 1.165) is 5.56 Å². The van der Waals surface area contributed by atoms with Gasteiger partial charge in [0.25, 0.3) is 5.69 Å². The van der Waals surface area contributed by atoms with Crippen molar-refractivity contribution in [3.63, 3.8) is 0 Å². The molecule has 10 heteroatoms. The molecule has 0 bridgehead atoms. The van der Waals surface area contributed by atoms with Crippen LogP contribution in [0.2, 0.25) is 0 Å². The molecule has 3 rings (SSSR count). The Labute approximate surface area is 190 Å². The number of hydrogen-bond donors (Lipinski definition) is 0. The number of non-ortho nitro benzene ring substituents is 1. The average molecular weight is 456 g/mol. The lowest BCUT2D eigenvalue weighted by atomic mass is 9.83. The number of β-lactam (4-membered cyclic amide) rings is 1. The lowest BCUT2D eigenvalue weighted by Gasteiger charge is -2.47. The standard InChI is InChI=1S/C23H24N2O8/c1-14(23(28)32-13-17-4-8-18(9-5-17)25(29)30)20-21(27)24(22(20)33-15(2)26)12-16-6-10-19(31-3)11-7-16/h4-11,14,20,22H,12-13H2,1-3H3/t14-,20-,22-/m1/s1. The van der Waals surface area contributed by atoms with Gasteiger partial charge in [-0.3, -0.25) is 24.5 Å². The summed E-state index contributed by atoms with van der Waals surface area (Å²) in [6.07, 6.45) is -0.890. The molecule has 1 amide bonds. The van der Waals surface area contributed by atoms with Gasteiger partial charge in [-0.15, -0.1) is 0 Å². The highest BCUT2D eigenvalue weighted by atomic mass is 16.6. The van der Waals surface area contributed by atoms with E-state index < -0.39 is 34.9 Å². The molecule has 0 radical (unpaired) electrons. The molecule has 1 fully saturated rings. The van der Waals surface area contributed by atoms with Crippen molar-refractivity contribution >= 4 is 23.5 Å². The summed E-state index contributed by atoms with van der Waals surface area (Å²) in [5, 5.41) is 10.7. The maximum atomic E-state index is 12.8. The first-order chi connectivity index (χ1) is 15.7. The molecule has 2 aromatic rings. The van der Waals surface area contributed by atoms with Gasteiger partial charge in [0.15, 0.2) is 6.23 Å². The van der Waals surface area contributed by atoms with Gasteiger partial charge in [-0.1, -0.05) is 19.1 Å². The fourth-order valence-corrected chi connectivity index (χ4v) is 3.56. The minimum atomic E-state index is -0.890. The van der Waals surface area contributed by atoms with Crippen LogP contribution >= 0.6 is 0 Å². The summed E-state index contributed by atoms with van der Waals surface area (Å²) >= 11 is 0. The number of carbonyl (C=O) groups excluding carboxylic acids is 3. The van der Waals surface area contributed by atoms with Gasteiger partial charge in [0, 0.05) is 25.6 Å². The van der Waals surface area contributed by atoms with Gasteiger partial charge in [0.1, 0.15) is 18.3 Å². The van der Waals surface area contributed by atoms with Crippen LogP contribution in [0.3, 0.4) is 0 Å². The first-order valence-corrected chi connectivity index (χ1v) is 10.2. The Hall–Kier alpha value is -3.95. The van der Waals surface area contributed by atoms with Gasteiger partial charge in [-0.05, 0) is 35.4 Å². The van der Waals surface area contributed by atoms with Crippen LogP contribution in [0.4, 0.5) is 5.69 Å². The average Bonchev–Trinajstić information content (AvgIpc) is 2.81. The summed E-state index contributed by atoms with van der Waals surface area (Å²) in [6, 6.07) is 12.7. The predicted octanol–water partition coefficient (Wildman–Crippen LogP) is 2.83. The van der Waals surface area contributed by atoms with E-state index in [2.05, 4.69) is 0 Å². The molecule has 1 heterocycles. The molecule has 33 heavy (non-hydrogen) atoms. The summed E-state index contributed by atoms with van der Waals surface area (Å²) in [5.74, 6) is -2.57. The molecule has 1 aliphatic rings. The minimum Gasteiger partial charge on any atom is -0.497 e. The van der Waals surface area contributed by atoms with Crippen molar-refractivity contribution in [3.05, 3.63) is 69.8 Å². The number of nitro groups is 1. The quantitative estimate of drug-likeness (QED) is 0.244. The number of benzene rings is 2. The zero-order chi connectivity index (χ0) is 24.1. The molecule has 2 aromatic carbocycles. The molecule has 0 spiro atoms. The van der Waals surface area contributed by atoms with Crippen molar-refractivity contribution < 1.29 is 33.5 Å². The SMILES string of the molecule is COc1ccc(CN2C(=O)[C@@H]([C@@H](C)C(=O)OCc3ccc([N+](=O)[O-])cc3)[C@H]2OC(C)=O)cc1. The lowest BCUT2D eigenvalue weighted by Crippen LogP contribution is -2.64. The number of likely N-dealkylation sites (tertiary alicyclic amines) is 1. The van der Waals surface area contributed by atoms with Crippen LogP contribution in [0.1, 0.15) is 25.0 Å². The van der Waals surface area contributed by atoms with Crippen molar-refractivity contribution in [2.75, 3.05) is 7.11 Å². The van der Waals surface area contributed by atoms with E-state index in [-0.39, 0.29) is 24.7 Å². The highest BCUT2D eigenvalue weighted by Gasteiger charge is 2.54. The molecule has 0 N–H and O–H groups in total. The van der Waals surface area contributed by atoms with Crippen molar-refractivity contribution in [2.45, 2.75) is 33.2 Å². The van der Waals surface area contributed by atoms with Gasteiger partial charge in [0.2, 0.25) is 5.91 Å². The van der Waals surface area contributed by atoms with Crippen molar-refractivity contribution in [1.29, 1.82) is 0 Å². The highest BCUT2D eigenvalue weighted by molar-refractivity contribution is 5.91. The monoisotopic (exact) mass is 456 g/mol. The first-order valence-electron chi connectivity index (χ1n) is 10.2. The van der Waals surface area contributed by atoms with E-state index in [1.54, 1.807) is 38.3 Å². The Balaban J connectivity index is 1.64. The smallest absolute Gasteiger partial charge is 0.310 e. The van der Waals surface area contributed by atoms with Crippen LogP contribution in [0, 0.1) is 22.0 Å². The Morgan fingerprint density at radius 1 is 1.09 bits per heavy atom. The predicted molar refractivity (Wildman–Crippen MR) is 115 cm³/mol. The van der Waals surface area contributed by atoms with E-state index >= 15 is 0 Å². The van der Waals surface area contributed by atoms with Crippen molar-refractivity contribution in [2.24, 2.45) is 11.8 Å². The number of rotatable bonds is 9. The Morgan fingerprint density at radius 2 is 1.70 bits per heavy atom. The topological polar surface area (TPSA) is 125 Å². The number of nitrogens with zero attached hydrogens (tertiary/aromatic N) is 2. The van der Waals surface area contributed by atoms with Crippen LogP contribution in [-0.2, 0) is 37.0 Å². The van der Waals surface area contributed by atoms with Gasteiger partial charge in [0.05, 0.1) is 18.0 Å². The van der Waals surface area contributed by atoms with E-state index in [1.807, 2.05) is 0 Å². The molecule has 174 valence electrons. The molecule has 1 aliphatic heterocycles. The summed E-state index contributed by atoms with van der Waals surface area (Å²) < 4.78 is 15.8. The Morgan fingerprint density at radius 3 is 2.24 bits per heavy atom. The van der Waals surface area contributed by atoms with Gasteiger partial charge >= 0.3 is 11.9 Å². The van der Waals surface area contributed by atoms with E-state index in [1.165, 1.54) is 36.1 Å². The second kappa shape index (κ2) is 10.1. The molecule has 0 saturated carbocycles. The Kier molecular flexibility index (Phi) is 7.27. The highest BCUT2D eigenvalue weighted by Crippen LogP contribution is 2.36.